The second kappa shape index (κ2) is 7.18. The van der Waals surface area contributed by atoms with Gasteiger partial charge in [0.05, 0.1) is 13.2 Å². The molecule has 0 aliphatic rings. The molecule has 0 saturated heterocycles. The summed E-state index contributed by atoms with van der Waals surface area (Å²) in [6.07, 6.45) is 0.0697. The smallest absolute Gasteiger partial charge is 0.317 e. The summed E-state index contributed by atoms with van der Waals surface area (Å²) in [4.78, 5) is 11.0. The van der Waals surface area contributed by atoms with Crippen LogP contribution in [0.2, 0.25) is 0 Å². The molecule has 3 nitrogen and oxygen atoms in total. The number of carbonyl (C=O) groups is 1. The molecule has 1 rings (SSSR count). The SMILES string of the molecule is NCC(F)(F)C(=O)CCCOCc1ccccc1. The zero-order valence-electron chi connectivity index (χ0n) is 10.1. The second-order valence-corrected chi connectivity index (χ2v) is 3.97. The largest absolute Gasteiger partial charge is 0.377 e. The Kier molecular flexibility index (Phi) is 5.88. The average molecular weight is 257 g/mol. The number of carbonyl (C=O) groups excluding carboxylic acids is 1. The van der Waals surface area contributed by atoms with Gasteiger partial charge in [-0.2, -0.15) is 8.78 Å². The van der Waals surface area contributed by atoms with Crippen molar-refractivity contribution in [3.8, 4) is 0 Å². The Balaban J connectivity index is 2.14. The minimum atomic E-state index is -3.40. The molecule has 0 aliphatic carbocycles. The number of hydrogen-bond donors (Lipinski definition) is 1. The number of benzene rings is 1. The Labute approximate surface area is 105 Å². The molecule has 0 bridgehead atoms. The lowest BCUT2D eigenvalue weighted by Crippen LogP contribution is -2.36. The van der Waals surface area contributed by atoms with E-state index < -0.39 is 18.3 Å². The third kappa shape index (κ3) is 4.89. The molecule has 100 valence electrons. The third-order valence-corrected chi connectivity index (χ3v) is 2.47. The number of nitrogens with two attached hydrogens (primary N) is 1. The summed E-state index contributed by atoms with van der Waals surface area (Å²) in [5.41, 5.74) is 5.82. The molecule has 0 saturated carbocycles. The van der Waals surface area contributed by atoms with Crippen LogP contribution in [-0.4, -0.2) is 24.9 Å². The first kappa shape index (κ1) is 14.7. The molecule has 0 unspecified atom stereocenters. The van der Waals surface area contributed by atoms with Crippen LogP contribution < -0.4 is 5.73 Å². The van der Waals surface area contributed by atoms with Gasteiger partial charge in [0.25, 0.3) is 0 Å². The van der Waals surface area contributed by atoms with Crippen molar-refractivity contribution >= 4 is 5.78 Å². The van der Waals surface area contributed by atoms with Crippen LogP contribution in [-0.2, 0) is 16.1 Å². The van der Waals surface area contributed by atoms with Gasteiger partial charge in [0, 0.05) is 13.0 Å². The van der Waals surface area contributed by atoms with Crippen molar-refractivity contribution in [3.05, 3.63) is 35.9 Å². The van der Waals surface area contributed by atoms with Crippen LogP contribution in [0.1, 0.15) is 18.4 Å². The van der Waals surface area contributed by atoms with E-state index in [9.17, 15) is 13.6 Å². The Hall–Kier alpha value is -1.33. The highest BCUT2D eigenvalue weighted by atomic mass is 19.3. The quantitative estimate of drug-likeness (QED) is 0.726. The monoisotopic (exact) mass is 257 g/mol. The van der Waals surface area contributed by atoms with E-state index in [2.05, 4.69) is 0 Å². The summed E-state index contributed by atoms with van der Waals surface area (Å²) in [7, 11) is 0. The summed E-state index contributed by atoms with van der Waals surface area (Å²) in [5.74, 6) is -4.52. The van der Waals surface area contributed by atoms with E-state index in [1.54, 1.807) is 0 Å². The molecular weight excluding hydrogens is 240 g/mol. The molecule has 0 aliphatic heterocycles. The first-order chi connectivity index (χ1) is 8.56. The molecule has 1 aromatic carbocycles. The zero-order chi connectivity index (χ0) is 13.4. The minimum absolute atomic E-state index is 0.209. The number of ketones is 1. The Morgan fingerprint density at radius 2 is 1.94 bits per heavy atom. The van der Waals surface area contributed by atoms with Crippen molar-refractivity contribution in [1.29, 1.82) is 0 Å². The topological polar surface area (TPSA) is 52.3 Å². The van der Waals surface area contributed by atoms with Crippen molar-refractivity contribution in [3.63, 3.8) is 0 Å². The van der Waals surface area contributed by atoms with E-state index in [4.69, 9.17) is 10.5 Å². The molecule has 0 fully saturated rings. The summed E-state index contributed by atoms with van der Waals surface area (Å²) < 4.78 is 30.9. The highest BCUT2D eigenvalue weighted by Gasteiger charge is 2.35. The number of rotatable bonds is 8. The van der Waals surface area contributed by atoms with Gasteiger partial charge in [0.15, 0.2) is 0 Å². The predicted octanol–water partition coefficient (Wildman–Crippen LogP) is 2.15. The van der Waals surface area contributed by atoms with Crippen LogP contribution in [0.4, 0.5) is 8.78 Å². The molecular formula is C13H17F2NO2. The molecule has 0 heterocycles. The van der Waals surface area contributed by atoms with Crippen molar-refractivity contribution in [1.82, 2.24) is 0 Å². The van der Waals surface area contributed by atoms with Gasteiger partial charge in [0.2, 0.25) is 5.78 Å². The van der Waals surface area contributed by atoms with Gasteiger partial charge in [-0.05, 0) is 12.0 Å². The van der Waals surface area contributed by atoms with Gasteiger partial charge in [-0.3, -0.25) is 4.79 Å². The summed E-state index contributed by atoms with van der Waals surface area (Å²) in [6, 6.07) is 9.51. The first-order valence-electron chi connectivity index (χ1n) is 5.79. The zero-order valence-corrected chi connectivity index (χ0v) is 10.1. The molecule has 1 aromatic rings. The van der Waals surface area contributed by atoms with Crippen molar-refractivity contribution in [2.24, 2.45) is 5.73 Å². The van der Waals surface area contributed by atoms with Crippen molar-refractivity contribution < 1.29 is 18.3 Å². The lowest BCUT2D eigenvalue weighted by Gasteiger charge is -2.11. The van der Waals surface area contributed by atoms with E-state index in [-0.39, 0.29) is 19.4 Å². The molecule has 2 N–H and O–H groups in total. The van der Waals surface area contributed by atoms with Crippen LogP contribution in [0.15, 0.2) is 30.3 Å². The van der Waals surface area contributed by atoms with Gasteiger partial charge in [0.1, 0.15) is 0 Å². The minimum Gasteiger partial charge on any atom is -0.377 e. The molecule has 0 atom stereocenters. The molecule has 5 heteroatoms. The highest BCUT2D eigenvalue weighted by Crippen LogP contribution is 2.15. The number of hydrogen-bond acceptors (Lipinski definition) is 3. The van der Waals surface area contributed by atoms with Crippen LogP contribution in [0.25, 0.3) is 0 Å². The third-order valence-electron chi connectivity index (χ3n) is 2.47. The Morgan fingerprint density at radius 1 is 1.28 bits per heavy atom. The molecule has 0 amide bonds. The standard InChI is InChI=1S/C13H17F2NO2/c14-13(15,10-16)12(17)7-4-8-18-9-11-5-2-1-3-6-11/h1-3,5-6H,4,7-10,16H2. The molecule has 0 spiro atoms. The van der Waals surface area contributed by atoms with E-state index in [1.165, 1.54) is 0 Å². The van der Waals surface area contributed by atoms with Crippen molar-refractivity contribution in [2.45, 2.75) is 25.4 Å². The second-order valence-electron chi connectivity index (χ2n) is 3.97. The lowest BCUT2D eigenvalue weighted by molar-refractivity contribution is -0.142. The van der Waals surface area contributed by atoms with Gasteiger partial charge < -0.3 is 10.5 Å². The van der Waals surface area contributed by atoms with Gasteiger partial charge in [-0.15, -0.1) is 0 Å². The van der Waals surface area contributed by atoms with Crippen LogP contribution in [0.5, 0.6) is 0 Å². The van der Waals surface area contributed by atoms with Gasteiger partial charge in [-0.25, -0.2) is 0 Å². The lowest BCUT2D eigenvalue weighted by atomic mass is 10.1. The van der Waals surface area contributed by atoms with Gasteiger partial charge >= 0.3 is 5.92 Å². The maximum atomic E-state index is 12.8. The first-order valence-corrected chi connectivity index (χ1v) is 5.79. The summed E-state index contributed by atoms with van der Waals surface area (Å²) >= 11 is 0. The summed E-state index contributed by atoms with van der Waals surface area (Å²) in [6.45, 7) is -0.236. The molecule has 18 heavy (non-hydrogen) atoms. The Bertz CT molecular complexity index is 369. The van der Waals surface area contributed by atoms with Gasteiger partial charge in [-0.1, -0.05) is 30.3 Å². The fourth-order valence-electron chi connectivity index (χ4n) is 1.40. The van der Waals surface area contributed by atoms with Crippen LogP contribution in [0, 0.1) is 0 Å². The maximum Gasteiger partial charge on any atom is 0.317 e. The number of halogens is 2. The molecule has 0 aromatic heterocycles. The van der Waals surface area contributed by atoms with E-state index >= 15 is 0 Å². The normalized spacial score (nSPS) is 11.5. The maximum absolute atomic E-state index is 12.8. The average Bonchev–Trinajstić information content (AvgIpc) is 2.39. The number of ether oxygens (including phenoxy) is 1. The van der Waals surface area contributed by atoms with E-state index in [1.807, 2.05) is 30.3 Å². The van der Waals surface area contributed by atoms with Crippen molar-refractivity contribution in [2.75, 3.05) is 13.2 Å². The van der Waals surface area contributed by atoms with E-state index in [0.29, 0.717) is 6.61 Å². The highest BCUT2D eigenvalue weighted by molar-refractivity contribution is 5.85. The summed E-state index contributed by atoms with van der Waals surface area (Å²) in [5, 5.41) is 0. The number of Topliss-reactive ketones (excluding diaryl/α,β-unsaturated/α-hetero) is 1. The fraction of sp³-hybridized carbons (Fsp3) is 0.462. The van der Waals surface area contributed by atoms with Crippen LogP contribution >= 0.6 is 0 Å². The molecule has 0 radical (unpaired) electrons. The number of alkyl halides is 2. The predicted molar refractivity (Wildman–Crippen MR) is 64.3 cm³/mol. The Morgan fingerprint density at radius 3 is 2.56 bits per heavy atom. The van der Waals surface area contributed by atoms with E-state index in [0.717, 1.165) is 5.56 Å². The van der Waals surface area contributed by atoms with Crippen LogP contribution in [0.3, 0.4) is 0 Å². The fourth-order valence-corrected chi connectivity index (χ4v) is 1.40.